The molecule has 0 aliphatic rings. The zero-order valence-corrected chi connectivity index (χ0v) is 19.8. The molecule has 3 aromatic rings. The van der Waals surface area contributed by atoms with E-state index in [9.17, 15) is 18.0 Å². The average molecular weight is 482 g/mol. The first-order valence-corrected chi connectivity index (χ1v) is 12.2. The Morgan fingerprint density at radius 2 is 1.59 bits per heavy atom. The van der Waals surface area contributed by atoms with Crippen LogP contribution in [0.2, 0.25) is 0 Å². The van der Waals surface area contributed by atoms with Gasteiger partial charge < -0.3 is 15.4 Å². The summed E-state index contributed by atoms with van der Waals surface area (Å²) in [6.45, 7) is 3.90. The summed E-state index contributed by atoms with van der Waals surface area (Å²) in [6.07, 6.45) is 0.479. The summed E-state index contributed by atoms with van der Waals surface area (Å²) in [6, 6.07) is 18.9. The molecule has 8 nitrogen and oxygen atoms in total. The van der Waals surface area contributed by atoms with E-state index in [1.54, 1.807) is 30.3 Å². The topological polar surface area (TPSA) is 128 Å². The molecule has 0 aromatic heterocycles. The van der Waals surface area contributed by atoms with Crippen LogP contribution in [0.5, 0.6) is 0 Å². The van der Waals surface area contributed by atoms with Crippen LogP contribution < -0.4 is 15.8 Å². The van der Waals surface area contributed by atoms with E-state index >= 15 is 0 Å². The Bertz CT molecular complexity index is 1290. The van der Waals surface area contributed by atoms with E-state index in [2.05, 4.69) is 10.6 Å². The molecule has 0 saturated carbocycles. The van der Waals surface area contributed by atoms with E-state index in [0.717, 1.165) is 22.4 Å². The highest BCUT2D eigenvalue weighted by molar-refractivity contribution is 7.89. The molecule has 0 bridgehead atoms. The Morgan fingerprint density at radius 3 is 2.29 bits per heavy atom. The van der Waals surface area contributed by atoms with Gasteiger partial charge >= 0.3 is 5.97 Å². The Kier molecular flexibility index (Phi) is 8.04. The van der Waals surface area contributed by atoms with E-state index < -0.39 is 28.5 Å². The fourth-order valence-corrected chi connectivity index (χ4v) is 3.77. The van der Waals surface area contributed by atoms with E-state index in [1.165, 1.54) is 12.1 Å². The molecule has 3 aromatic carbocycles. The number of rotatable bonds is 9. The molecule has 1 amide bonds. The maximum atomic E-state index is 12.6. The smallest absolute Gasteiger partial charge is 0.340 e. The average Bonchev–Trinajstić information content (AvgIpc) is 2.80. The SMILES string of the molecule is Cc1cccc(Nc2ccccc2C(=O)OCC(=O)NCCc2ccc(S(N)(=O)=O)cc2)c1C. The van der Waals surface area contributed by atoms with Gasteiger partial charge in [0, 0.05) is 12.2 Å². The minimum absolute atomic E-state index is 0.0273. The Hall–Kier alpha value is -3.69. The monoisotopic (exact) mass is 481 g/mol. The molecule has 34 heavy (non-hydrogen) atoms. The summed E-state index contributed by atoms with van der Waals surface area (Å²) in [5.74, 6) is -1.04. The van der Waals surface area contributed by atoms with Gasteiger partial charge in [-0.3, -0.25) is 4.79 Å². The number of ether oxygens (including phenoxy) is 1. The number of aryl methyl sites for hydroxylation is 1. The highest BCUT2D eigenvalue weighted by Gasteiger charge is 2.15. The van der Waals surface area contributed by atoms with Gasteiger partial charge in [0.25, 0.3) is 5.91 Å². The minimum atomic E-state index is -3.74. The van der Waals surface area contributed by atoms with Gasteiger partial charge in [0.15, 0.2) is 6.61 Å². The fourth-order valence-electron chi connectivity index (χ4n) is 3.25. The lowest BCUT2D eigenvalue weighted by Crippen LogP contribution is -2.30. The van der Waals surface area contributed by atoms with Gasteiger partial charge in [0.2, 0.25) is 10.0 Å². The largest absolute Gasteiger partial charge is 0.452 e. The molecule has 0 heterocycles. The van der Waals surface area contributed by atoms with Crippen molar-refractivity contribution in [1.82, 2.24) is 5.32 Å². The number of para-hydroxylation sites is 1. The number of hydrogen-bond donors (Lipinski definition) is 3. The molecule has 0 saturated heterocycles. The number of hydrogen-bond acceptors (Lipinski definition) is 6. The number of anilines is 2. The van der Waals surface area contributed by atoms with Crippen molar-refractivity contribution >= 4 is 33.3 Å². The van der Waals surface area contributed by atoms with E-state index in [4.69, 9.17) is 9.88 Å². The number of nitrogens with two attached hydrogens (primary N) is 1. The van der Waals surface area contributed by atoms with Crippen molar-refractivity contribution in [3.05, 3.63) is 89.0 Å². The van der Waals surface area contributed by atoms with Crippen molar-refractivity contribution in [3.63, 3.8) is 0 Å². The van der Waals surface area contributed by atoms with Gasteiger partial charge in [-0.1, -0.05) is 36.4 Å². The maximum absolute atomic E-state index is 12.6. The zero-order valence-electron chi connectivity index (χ0n) is 19.0. The lowest BCUT2D eigenvalue weighted by atomic mass is 10.1. The molecule has 0 aliphatic heterocycles. The van der Waals surface area contributed by atoms with Crippen LogP contribution in [0.4, 0.5) is 11.4 Å². The van der Waals surface area contributed by atoms with E-state index in [0.29, 0.717) is 24.2 Å². The number of amides is 1. The van der Waals surface area contributed by atoms with Gasteiger partial charge in [-0.2, -0.15) is 0 Å². The van der Waals surface area contributed by atoms with Gasteiger partial charge in [0.05, 0.1) is 16.1 Å². The molecule has 178 valence electrons. The first kappa shape index (κ1) is 24.9. The number of primary sulfonamides is 1. The molecule has 0 spiro atoms. The summed E-state index contributed by atoms with van der Waals surface area (Å²) >= 11 is 0. The summed E-state index contributed by atoms with van der Waals surface area (Å²) in [5.41, 5.74) is 4.83. The molecular weight excluding hydrogens is 454 g/mol. The first-order valence-electron chi connectivity index (χ1n) is 10.6. The normalized spacial score (nSPS) is 11.0. The molecule has 0 fully saturated rings. The lowest BCUT2D eigenvalue weighted by molar-refractivity contribution is -0.124. The third-order valence-electron chi connectivity index (χ3n) is 5.34. The number of esters is 1. The number of benzene rings is 3. The van der Waals surface area contributed by atoms with Gasteiger partial charge in [-0.05, 0) is 67.3 Å². The van der Waals surface area contributed by atoms with Crippen LogP contribution in [0.3, 0.4) is 0 Å². The number of nitrogens with one attached hydrogen (secondary N) is 2. The van der Waals surface area contributed by atoms with Crippen LogP contribution in [-0.4, -0.2) is 33.4 Å². The summed E-state index contributed by atoms with van der Waals surface area (Å²) in [7, 11) is -3.74. The summed E-state index contributed by atoms with van der Waals surface area (Å²) < 4.78 is 27.8. The van der Waals surface area contributed by atoms with E-state index in [1.807, 2.05) is 38.1 Å². The number of carbonyl (C=O) groups excluding carboxylic acids is 2. The Morgan fingerprint density at radius 1 is 0.912 bits per heavy atom. The highest BCUT2D eigenvalue weighted by atomic mass is 32.2. The van der Waals surface area contributed by atoms with Crippen molar-refractivity contribution in [2.45, 2.75) is 25.2 Å². The van der Waals surface area contributed by atoms with Crippen LogP contribution in [0.1, 0.15) is 27.0 Å². The fraction of sp³-hybridized carbons (Fsp3) is 0.200. The number of sulfonamides is 1. The second-order valence-corrected chi connectivity index (χ2v) is 9.34. The molecule has 0 unspecified atom stereocenters. The Labute approximate surface area is 199 Å². The van der Waals surface area contributed by atoms with Gasteiger partial charge in [-0.25, -0.2) is 18.4 Å². The third-order valence-corrected chi connectivity index (χ3v) is 6.27. The lowest BCUT2D eigenvalue weighted by Gasteiger charge is -2.14. The predicted molar refractivity (Wildman–Crippen MR) is 130 cm³/mol. The predicted octanol–water partition coefficient (Wildman–Crippen LogP) is 3.21. The molecule has 4 N–H and O–H groups in total. The van der Waals surface area contributed by atoms with Crippen molar-refractivity contribution < 1.29 is 22.7 Å². The molecule has 3 rings (SSSR count). The molecular formula is C25H27N3O5S. The van der Waals surface area contributed by atoms with Crippen molar-refractivity contribution in [2.24, 2.45) is 5.14 Å². The summed E-state index contributed by atoms with van der Waals surface area (Å²) in [5, 5.41) is 11.0. The molecule has 0 atom stereocenters. The van der Waals surface area contributed by atoms with Crippen LogP contribution in [0.25, 0.3) is 0 Å². The third kappa shape index (κ3) is 6.66. The Balaban J connectivity index is 1.52. The van der Waals surface area contributed by atoms with Crippen LogP contribution in [0.15, 0.2) is 71.6 Å². The van der Waals surface area contributed by atoms with Crippen molar-refractivity contribution in [1.29, 1.82) is 0 Å². The van der Waals surface area contributed by atoms with Crippen molar-refractivity contribution in [2.75, 3.05) is 18.5 Å². The second-order valence-electron chi connectivity index (χ2n) is 7.78. The standard InChI is InChI=1S/C25H27N3O5S/c1-17-6-5-9-22(18(17)2)28-23-8-4-3-7-21(23)25(30)33-16-24(29)27-15-14-19-10-12-20(13-11-19)34(26,31)32/h3-13,28H,14-16H2,1-2H3,(H,27,29)(H2,26,31,32). The van der Waals surface area contributed by atoms with Gasteiger partial charge in [-0.15, -0.1) is 0 Å². The second kappa shape index (κ2) is 11.0. The first-order chi connectivity index (χ1) is 16.1. The highest BCUT2D eigenvalue weighted by Crippen LogP contribution is 2.25. The van der Waals surface area contributed by atoms with Crippen LogP contribution in [0, 0.1) is 13.8 Å². The van der Waals surface area contributed by atoms with Gasteiger partial charge in [0.1, 0.15) is 0 Å². The number of carbonyl (C=O) groups is 2. The molecule has 0 radical (unpaired) electrons. The summed E-state index contributed by atoms with van der Waals surface area (Å²) in [4.78, 5) is 24.8. The van der Waals surface area contributed by atoms with E-state index in [-0.39, 0.29) is 4.90 Å². The maximum Gasteiger partial charge on any atom is 0.340 e. The van der Waals surface area contributed by atoms with Crippen LogP contribution in [-0.2, 0) is 26.0 Å². The quantitative estimate of drug-likeness (QED) is 0.403. The van der Waals surface area contributed by atoms with Crippen LogP contribution >= 0.6 is 0 Å². The molecule has 0 aliphatic carbocycles. The minimum Gasteiger partial charge on any atom is -0.452 e. The van der Waals surface area contributed by atoms with Crippen molar-refractivity contribution in [3.8, 4) is 0 Å². The molecule has 9 heteroatoms. The zero-order chi connectivity index (χ0) is 24.7.